The lowest BCUT2D eigenvalue weighted by molar-refractivity contribution is -0.0472. The second-order valence-corrected chi connectivity index (χ2v) is 10.5. The number of pyridine rings is 1. The summed E-state index contributed by atoms with van der Waals surface area (Å²) in [5.41, 5.74) is 9.06. The lowest BCUT2D eigenvalue weighted by atomic mass is 9.70. The van der Waals surface area contributed by atoms with Crippen LogP contribution in [0.4, 0.5) is 0 Å². The Kier molecular flexibility index (Phi) is 6.57. The number of methoxy groups -OCH3 is 1. The van der Waals surface area contributed by atoms with Crippen molar-refractivity contribution in [1.29, 1.82) is 0 Å². The molecule has 190 valence electrons. The van der Waals surface area contributed by atoms with Gasteiger partial charge in [-0.1, -0.05) is 24.3 Å². The number of hydrogen-bond donors (Lipinski definition) is 1. The molecule has 0 radical (unpaired) electrons. The van der Waals surface area contributed by atoms with Gasteiger partial charge in [-0.3, -0.25) is 0 Å². The number of benzene rings is 1. The molecule has 0 amide bonds. The van der Waals surface area contributed by atoms with Crippen LogP contribution in [0.15, 0.2) is 48.7 Å². The summed E-state index contributed by atoms with van der Waals surface area (Å²) in [4.78, 5) is 6.46. The van der Waals surface area contributed by atoms with E-state index in [4.69, 9.17) is 19.7 Å². The van der Waals surface area contributed by atoms with E-state index in [-0.39, 0.29) is 12.1 Å². The Hall–Kier alpha value is -3.07. The summed E-state index contributed by atoms with van der Waals surface area (Å²) < 4.78 is 11.1. The monoisotopic (exact) mass is 496 g/mol. The molecule has 1 N–H and O–H groups in total. The predicted molar refractivity (Wildman–Crippen MR) is 145 cm³/mol. The molecule has 3 aliphatic rings. The number of allylic oxidation sites excluding steroid dienone is 2. The average Bonchev–Trinajstić information content (AvgIpc) is 2.91. The van der Waals surface area contributed by atoms with Crippen molar-refractivity contribution in [3.63, 3.8) is 0 Å². The highest BCUT2D eigenvalue weighted by molar-refractivity contribution is 6.45. The van der Waals surface area contributed by atoms with Crippen LogP contribution in [0.5, 0.6) is 5.88 Å². The number of fused-ring (bicyclic) bond motifs is 3. The van der Waals surface area contributed by atoms with Crippen molar-refractivity contribution < 1.29 is 14.5 Å². The zero-order valence-corrected chi connectivity index (χ0v) is 21.7. The fourth-order valence-electron chi connectivity index (χ4n) is 6.47. The van der Waals surface area contributed by atoms with Gasteiger partial charge in [0.15, 0.2) is 0 Å². The molecular formula is C29H33BN4O3. The number of nitrogens with zero attached hydrogens (tertiary/aromatic N) is 4. The lowest BCUT2D eigenvalue weighted by Gasteiger charge is -2.50. The Morgan fingerprint density at radius 1 is 1.05 bits per heavy atom. The fraction of sp³-hybridized carbons (Fsp3) is 0.414. The summed E-state index contributed by atoms with van der Waals surface area (Å²) in [7, 11) is 1.19. The zero-order chi connectivity index (χ0) is 25.5. The first kappa shape index (κ1) is 24.3. The summed E-state index contributed by atoms with van der Waals surface area (Å²) in [6.07, 6.45) is 8.12. The van der Waals surface area contributed by atoms with Gasteiger partial charge in [-0.25, -0.2) is 4.98 Å². The van der Waals surface area contributed by atoms with E-state index in [2.05, 4.69) is 47.1 Å². The Labute approximate surface area is 218 Å². The minimum atomic E-state index is -0.440. The summed E-state index contributed by atoms with van der Waals surface area (Å²) in [6.45, 7) is 5.37. The van der Waals surface area contributed by atoms with E-state index in [1.54, 1.807) is 13.3 Å². The van der Waals surface area contributed by atoms with Gasteiger partial charge in [0, 0.05) is 29.9 Å². The molecule has 1 aromatic carbocycles. The van der Waals surface area contributed by atoms with Crippen LogP contribution in [0.25, 0.3) is 28.0 Å². The fourth-order valence-corrected chi connectivity index (χ4v) is 6.47. The second kappa shape index (κ2) is 10.0. The molecular weight excluding hydrogens is 463 g/mol. The molecule has 0 spiro atoms. The van der Waals surface area contributed by atoms with Gasteiger partial charge in [-0.15, -0.1) is 10.2 Å². The Bertz CT molecular complexity index is 1330. The number of morpholine rings is 1. The minimum Gasteiger partial charge on any atom is -0.481 e. The van der Waals surface area contributed by atoms with Gasteiger partial charge in [-0.2, -0.15) is 0 Å². The first-order chi connectivity index (χ1) is 18.0. The van der Waals surface area contributed by atoms with Crippen molar-refractivity contribution in [2.75, 3.05) is 20.3 Å². The van der Waals surface area contributed by atoms with Crippen LogP contribution in [0.2, 0.25) is 6.82 Å². The molecule has 2 atom stereocenters. The molecule has 0 saturated carbocycles. The highest BCUT2D eigenvalue weighted by Gasteiger charge is 2.43. The molecule has 2 aliphatic heterocycles. The quantitative estimate of drug-likeness (QED) is 0.523. The van der Waals surface area contributed by atoms with Crippen LogP contribution >= 0.6 is 0 Å². The van der Waals surface area contributed by atoms with Crippen LogP contribution in [0, 0.1) is 12.8 Å². The maximum absolute atomic E-state index is 10.3. The van der Waals surface area contributed by atoms with Gasteiger partial charge in [0.25, 0.3) is 0 Å². The molecule has 8 heteroatoms. The average molecular weight is 496 g/mol. The first-order valence-electron chi connectivity index (χ1n) is 13.2. The van der Waals surface area contributed by atoms with Gasteiger partial charge >= 0.3 is 7.05 Å². The van der Waals surface area contributed by atoms with E-state index in [0.717, 1.165) is 59.3 Å². The van der Waals surface area contributed by atoms with Crippen LogP contribution in [-0.4, -0.2) is 64.5 Å². The summed E-state index contributed by atoms with van der Waals surface area (Å²) in [6, 6.07) is 13.1. The molecule has 37 heavy (non-hydrogen) atoms. The van der Waals surface area contributed by atoms with E-state index < -0.39 is 7.05 Å². The summed E-state index contributed by atoms with van der Waals surface area (Å²) >= 11 is 0. The molecule has 2 saturated heterocycles. The van der Waals surface area contributed by atoms with Crippen LogP contribution in [0.1, 0.15) is 36.1 Å². The molecule has 2 unspecified atom stereocenters. The molecule has 1 aliphatic carbocycles. The van der Waals surface area contributed by atoms with Gasteiger partial charge in [0.05, 0.1) is 31.7 Å². The third kappa shape index (κ3) is 4.58. The zero-order valence-electron chi connectivity index (χ0n) is 21.7. The topological polar surface area (TPSA) is 80.6 Å². The molecule has 2 fully saturated rings. The highest BCUT2D eigenvalue weighted by atomic mass is 16.5. The van der Waals surface area contributed by atoms with Crippen molar-refractivity contribution in [3.8, 4) is 28.3 Å². The number of hydrogen-bond acceptors (Lipinski definition) is 7. The lowest BCUT2D eigenvalue weighted by Crippen LogP contribution is -2.61. The van der Waals surface area contributed by atoms with Crippen molar-refractivity contribution >= 4 is 12.6 Å². The highest BCUT2D eigenvalue weighted by Crippen LogP contribution is 2.42. The van der Waals surface area contributed by atoms with E-state index in [0.29, 0.717) is 25.0 Å². The van der Waals surface area contributed by atoms with Gasteiger partial charge in [-0.05, 0) is 85.3 Å². The van der Waals surface area contributed by atoms with Gasteiger partial charge < -0.3 is 19.3 Å². The molecule has 3 aromatic rings. The SMILES string of the molecule is COc1cc(-c2ccc(-c3cc4c(nn3)C(C3CC5COCC(C3)N5B(C)O)=CCC4)c(C)c2)ccn1. The molecule has 7 nitrogen and oxygen atoms in total. The molecule has 4 heterocycles. The Morgan fingerprint density at radius 2 is 1.84 bits per heavy atom. The first-order valence-corrected chi connectivity index (χ1v) is 13.2. The minimum absolute atomic E-state index is 0.248. The normalized spacial score (nSPS) is 23.2. The summed E-state index contributed by atoms with van der Waals surface area (Å²) in [5, 5.41) is 19.9. The smallest absolute Gasteiger partial charge is 0.377 e. The van der Waals surface area contributed by atoms with Crippen LogP contribution in [0.3, 0.4) is 0 Å². The molecule has 6 rings (SSSR count). The van der Waals surface area contributed by atoms with Crippen molar-refractivity contribution in [2.45, 2.75) is 51.5 Å². The maximum atomic E-state index is 10.3. The second-order valence-electron chi connectivity index (χ2n) is 10.5. The maximum Gasteiger partial charge on any atom is 0.377 e. The number of aromatic nitrogens is 3. The third-order valence-corrected chi connectivity index (χ3v) is 8.15. The Morgan fingerprint density at radius 3 is 2.57 bits per heavy atom. The van der Waals surface area contributed by atoms with E-state index in [1.807, 2.05) is 19.0 Å². The largest absolute Gasteiger partial charge is 0.481 e. The third-order valence-electron chi connectivity index (χ3n) is 8.15. The van der Waals surface area contributed by atoms with Gasteiger partial charge in [0.1, 0.15) is 0 Å². The number of rotatable bonds is 5. The number of aryl methyl sites for hydroxylation is 2. The van der Waals surface area contributed by atoms with Crippen LogP contribution in [-0.2, 0) is 11.2 Å². The standard InChI is InChI=1S/C29H33BN4O3/c1-18-11-19(20-9-10-31-28(15-20)36-3)7-8-25(18)27-14-21-5-4-6-26(29(21)33-32-27)22-12-23-16-37-17-24(13-22)34(23)30(2)35/h6-11,14-15,22-24,35H,4-5,12-13,16-17H2,1-3H3. The molecule has 2 aromatic heterocycles. The number of piperidine rings is 1. The number of ether oxygens (including phenoxy) is 2. The van der Waals surface area contributed by atoms with Crippen molar-refractivity contribution in [3.05, 3.63) is 65.5 Å². The Balaban J connectivity index is 1.26. The predicted octanol–water partition coefficient (Wildman–Crippen LogP) is 4.44. The van der Waals surface area contributed by atoms with Crippen molar-refractivity contribution in [1.82, 2.24) is 20.0 Å². The summed E-state index contributed by atoms with van der Waals surface area (Å²) in [5.74, 6) is 1.03. The van der Waals surface area contributed by atoms with Gasteiger partial charge in [0.2, 0.25) is 5.88 Å². The molecule has 2 bridgehead atoms. The van der Waals surface area contributed by atoms with Crippen molar-refractivity contribution in [2.24, 2.45) is 5.92 Å². The van der Waals surface area contributed by atoms with E-state index in [9.17, 15) is 5.02 Å². The van der Waals surface area contributed by atoms with E-state index in [1.165, 1.54) is 11.1 Å². The van der Waals surface area contributed by atoms with E-state index >= 15 is 0 Å². The van der Waals surface area contributed by atoms with Crippen LogP contribution < -0.4 is 4.74 Å².